The number of nitrogens with zero attached hydrogens (tertiary/aromatic N) is 1. The van der Waals surface area contributed by atoms with Crippen molar-refractivity contribution in [3.05, 3.63) is 52.4 Å². The highest BCUT2D eigenvalue weighted by Gasteiger charge is 2.17. The highest BCUT2D eigenvalue weighted by Crippen LogP contribution is 2.33. The first-order valence-electron chi connectivity index (χ1n) is 9.70. The molecule has 0 atom stereocenters. The lowest BCUT2D eigenvalue weighted by Crippen LogP contribution is -2.33. The number of methoxy groups -OCH3 is 2. The van der Waals surface area contributed by atoms with Crippen LogP contribution in [0.4, 0.5) is 4.79 Å². The van der Waals surface area contributed by atoms with Gasteiger partial charge in [0, 0.05) is 19.2 Å². The van der Waals surface area contributed by atoms with Crippen LogP contribution < -0.4 is 19.6 Å². The zero-order valence-corrected chi connectivity index (χ0v) is 17.8. The Morgan fingerprint density at radius 3 is 2.33 bits per heavy atom. The summed E-state index contributed by atoms with van der Waals surface area (Å²) in [5.74, 6) is 1.86. The number of aryl methyl sites for hydroxylation is 1. The van der Waals surface area contributed by atoms with Crippen molar-refractivity contribution in [1.29, 1.82) is 0 Å². The Balaban J connectivity index is 2.04. The Morgan fingerprint density at radius 2 is 1.70 bits per heavy atom. The van der Waals surface area contributed by atoms with Crippen LogP contribution >= 0.6 is 0 Å². The number of carbonyl (C=O) groups is 1. The fraction of sp³-hybridized carbons (Fsp3) is 0.304. The Hall–Kier alpha value is -3.48. The lowest BCUT2D eigenvalue weighted by Gasteiger charge is -2.18. The maximum absolute atomic E-state index is 13.2. The number of ether oxygens (including phenoxy) is 3. The number of hydrogen-bond acceptors (Lipinski definition) is 6. The fourth-order valence-corrected chi connectivity index (χ4v) is 3.32. The minimum absolute atomic E-state index is 0.178. The molecule has 0 aliphatic rings. The lowest BCUT2D eigenvalue weighted by molar-refractivity contribution is 0.157. The maximum atomic E-state index is 13.2. The van der Waals surface area contributed by atoms with Gasteiger partial charge in [0.15, 0.2) is 11.5 Å². The average Bonchev–Trinajstić information content (AvgIpc) is 2.74. The first-order valence-corrected chi connectivity index (χ1v) is 9.70. The molecule has 0 spiro atoms. The quantitative estimate of drug-likeness (QED) is 0.589. The number of carbonyl (C=O) groups excluding carboxylic acids is 1. The van der Waals surface area contributed by atoms with E-state index in [9.17, 15) is 9.59 Å². The smallest absolute Gasteiger partial charge is 0.415 e. The van der Waals surface area contributed by atoms with E-state index in [0.29, 0.717) is 58.2 Å². The van der Waals surface area contributed by atoms with Crippen molar-refractivity contribution in [2.75, 3.05) is 27.3 Å². The van der Waals surface area contributed by atoms with Crippen LogP contribution in [0.2, 0.25) is 0 Å². The third-order valence-electron chi connectivity index (χ3n) is 4.94. The molecule has 0 unspecified atom stereocenters. The van der Waals surface area contributed by atoms with Gasteiger partial charge in [-0.15, -0.1) is 0 Å². The summed E-state index contributed by atoms with van der Waals surface area (Å²) in [4.78, 5) is 26.9. The van der Waals surface area contributed by atoms with Gasteiger partial charge in [0.1, 0.15) is 17.1 Å². The molecule has 1 heterocycles. The molecule has 30 heavy (non-hydrogen) atoms. The number of fused-ring (bicyclic) bond motifs is 1. The summed E-state index contributed by atoms with van der Waals surface area (Å²) in [5, 5.41) is 0.396. The summed E-state index contributed by atoms with van der Waals surface area (Å²) in [6.45, 7) is 6.57. The number of amides is 1. The van der Waals surface area contributed by atoms with Gasteiger partial charge < -0.3 is 23.5 Å². The Morgan fingerprint density at radius 1 is 1.00 bits per heavy atom. The van der Waals surface area contributed by atoms with E-state index in [1.54, 1.807) is 62.4 Å². The van der Waals surface area contributed by atoms with Crippen LogP contribution in [0.15, 0.2) is 45.6 Å². The molecule has 158 valence electrons. The van der Waals surface area contributed by atoms with Crippen molar-refractivity contribution in [2.24, 2.45) is 0 Å². The van der Waals surface area contributed by atoms with E-state index in [0.717, 1.165) is 0 Å². The molecule has 3 rings (SSSR count). The first kappa shape index (κ1) is 21.2. The second-order valence-electron chi connectivity index (χ2n) is 6.63. The summed E-state index contributed by atoms with van der Waals surface area (Å²) in [6.07, 6.45) is -0.444. The predicted molar refractivity (Wildman–Crippen MR) is 115 cm³/mol. The Bertz CT molecular complexity index is 1130. The van der Waals surface area contributed by atoms with Gasteiger partial charge in [-0.25, -0.2) is 4.79 Å². The van der Waals surface area contributed by atoms with Gasteiger partial charge in [-0.3, -0.25) is 4.79 Å². The average molecular weight is 411 g/mol. The predicted octanol–water partition coefficient (Wildman–Crippen LogP) is 4.63. The normalized spacial score (nSPS) is 10.7. The molecular formula is C23H25NO6. The van der Waals surface area contributed by atoms with Gasteiger partial charge in [-0.05, 0) is 50.6 Å². The molecule has 0 bridgehead atoms. The van der Waals surface area contributed by atoms with Crippen molar-refractivity contribution < 1.29 is 23.4 Å². The maximum Gasteiger partial charge on any atom is 0.415 e. The zero-order chi connectivity index (χ0) is 21.8. The molecule has 0 N–H and O–H groups in total. The van der Waals surface area contributed by atoms with Gasteiger partial charge in [0.25, 0.3) is 0 Å². The highest BCUT2D eigenvalue weighted by atomic mass is 16.6. The topological polar surface area (TPSA) is 78.2 Å². The summed E-state index contributed by atoms with van der Waals surface area (Å²) >= 11 is 0. The van der Waals surface area contributed by atoms with Crippen molar-refractivity contribution in [1.82, 2.24) is 4.90 Å². The highest BCUT2D eigenvalue weighted by molar-refractivity contribution is 5.85. The van der Waals surface area contributed by atoms with E-state index in [1.165, 1.54) is 0 Å². The molecular weight excluding hydrogens is 386 g/mol. The van der Waals surface area contributed by atoms with Crippen molar-refractivity contribution >= 4 is 17.1 Å². The molecule has 0 aliphatic carbocycles. The van der Waals surface area contributed by atoms with Crippen LogP contribution in [0, 0.1) is 6.92 Å². The van der Waals surface area contributed by atoms with Crippen LogP contribution in [0.5, 0.6) is 17.2 Å². The summed E-state index contributed by atoms with van der Waals surface area (Å²) in [6, 6.07) is 10.0. The van der Waals surface area contributed by atoms with Gasteiger partial charge in [-0.2, -0.15) is 0 Å². The summed E-state index contributed by atoms with van der Waals surface area (Å²) in [7, 11) is 3.09. The van der Waals surface area contributed by atoms with Gasteiger partial charge >= 0.3 is 6.09 Å². The molecule has 0 aliphatic heterocycles. The molecule has 7 heteroatoms. The minimum Gasteiger partial charge on any atom is -0.493 e. The van der Waals surface area contributed by atoms with E-state index < -0.39 is 6.09 Å². The lowest BCUT2D eigenvalue weighted by atomic mass is 10.0. The van der Waals surface area contributed by atoms with Crippen LogP contribution in [-0.2, 0) is 0 Å². The van der Waals surface area contributed by atoms with E-state index in [4.69, 9.17) is 18.6 Å². The van der Waals surface area contributed by atoms with Crippen LogP contribution in [0.25, 0.3) is 22.1 Å². The third kappa shape index (κ3) is 3.96. The molecule has 7 nitrogen and oxygen atoms in total. The molecule has 0 fully saturated rings. The van der Waals surface area contributed by atoms with E-state index in [1.807, 2.05) is 13.8 Å². The summed E-state index contributed by atoms with van der Waals surface area (Å²) in [5.41, 5.74) is 1.28. The van der Waals surface area contributed by atoms with Gasteiger partial charge in [0.2, 0.25) is 5.43 Å². The van der Waals surface area contributed by atoms with Crippen molar-refractivity contribution in [3.63, 3.8) is 0 Å². The number of rotatable bonds is 6. The monoisotopic (exact) mass is 411 g/mol. The number of hydrogen-bond donors (Lipinski definition) is 0. The first-order chi connectivity index (χ1) is 14.4. The third-order valence-corrected chi connectivity index (χ3v) is 4.94. The number of benzene rings is 2. The SMILES string of the molecule is CCN(CC)C(=O)Oc1ccc2c(=O)c(-c3ccc(OC)c(OC)c3)c(C)oc2c1. The Kier molecular flexibility index (Phi) is 6.30. The second kappa shape index (κ2) is 8.90. The molecule has 0 saturated heterocycles. The van der Waals surface area contributed by atoms with Gasteiger partial charge in [-0.1, -0.05) is 6.07 Å². The van der Waals surface area contributed by atoms with Crippen molar-refractivity contribution in [3.8, 4) is 28.4 Å². The standard InChI is InChI=1S/C23H25NO6/c1-6-24(7-2)23(26)30-16-9-10-17-19(13-16)29-14(3)21(22(17)25)15-8-11-18(27-4)20(12-15)28-5/h8-13H,6-7H2,1-5H3. The fourth-order valence-electron chi connectivity index (χ4n) is 3.32. The van der Waals surface area contributed by atoms with Crippen molar-refractivity contribution in [2.45, 2.75) is 20.8 Å². The largest absolute Gasteiger partial charge is 0.493 e. The van der Waals surface area contributed by atoms with E-state index in [2.05, 4.69) is 0 Å². The molecule has 1 amide bonds. The van der Waals surface area contributed by atoms with E-state index >= 15 is 0 Å². The zero-order valence-electron chi connectivity index (χ0n) is 17.8. The molecule has 1 aromatic heterocycles. The molecule has 2 aromatic carbocycles. The van der Waals surface area contributed by atoms with Gasteiger partial charge in [0.05, 0.1) is 25.2 Å². The van der Waals surface area contributed by atoms with E-state index in [-0.39, 0.29) is 5.43 Å². The molecule has 3 aromatic rings. The van der Waals surface area contributed by atoms with Crippen LogP contribution in [0.3, 0.4) is 0 Å². The minimum atomic E-state index is -0.444. The summed E-state index contributed by atoms with van der Waals surface area (Å²) < 4.78 is 21.9. The Labute approximate surface area is 174 Å². The molecule has 0 saturated carbocycles. The molecule has 0 radical (unpaired) electrons. The van der Waals surface area contributed by atoms with Crippen LogP contribution in [-0.4, -0.2) is 38.3 Å². The second-order valence-corrected chi connectivity index (χ2v) is 6.63. The van der Waals surface area contributed by atoms with Crippen LogP contribution in [0.1, 0.15) is 19.6 Å².